The van der Waals surface area contributed by atoms with Crippen LogP contribution in [0.15, 0.2) is 84.9 Å². The summed E-state index contributed by atoms with van der Waals surface area (Å²) in [4.78, 5) is 11.5. The summed E-state index contributed by atoms with van der Waals surface area (Å²) >= 11 is 0. The molecule has 1 nitrogen and oxygen atoms in total. The van der Waals surface area contributed by atoms with Crippen LogP contribution in [0.5, 0.6) is 0 Å². The second-order valence-electron chi connectivity index (χ2n) is 5.47. The zero-order valence-electron chi connectivity index (χ0n) is 13.1. The van der Waals surface area contributed by atoms with E-state index in [-0.39, 0.29) is 5.78 Å². The van der Waals surface area contributed by atoms with Gasteiger partial charge in [-0.3, -0.25) is 4.79 Å². The highest BCUT2D eigenvalue weighted by atomic mass is 16.1. The van der Waals surface area contributed by atoms with Crippen molar-refractivity contribution in [3.63, 3.8) is 0 Å². The van der Waals surface area contributed by atoms with Gasteiger partial charge in [-0.15, -0.1) is 0 Å². The summed E-state index contributed by atoms with van der Waals surface area (Å²) in [5.41, 5.74) is 5.30. The molecular weight excluding hydrogens is 280 g/mol. The van der Waals surface area contributed by atoms with Gasteiger partial charge in [0.1, 0.15) is 0 Å². The predicted octanol–water partition coefficient (Wildman–Crippen LogP) is 5.48. The first kappa shape index (κ1) is 15.0. The van der Waals surface area contributed by atoms with Crippen LogP contribution < -0.4 is 0 Å². The molecule has 0 amide bonds. The monoisotopic (exact) mass is 298 g/mol. The van der Waals surface area contributed by atoms with E-state index in [0.717, 1.165) is 27.8 Å². The van der Waals surface area contributed by atoms with Gasteiger partial charge in [0, 0.05) is 5.56 Å². The normalized spacial score (nSPS) is 11.3. The molecule has 0 unspecified atom stereocenters. The van der Waals surface area contributed by atoms with Crippen molar-refractivity contribution in [2.75, 3.05) is 0 Å². The SMILES string of the molecule is CC(=O)c1ccc(C(=Cc2ccccc2)c2ccccc2)cc1. The number of benzene rings is 3. The number of hydrogen-bond donors (Lipinski definition) is 0. The fourth-order valence-electron chi connectivity index (χ4n) is 2.55. The molecule has 0 spiro atoms. The molecule has 0 fully saturated rings. The van der Waals surface area contributed by atoms with Crippen LogP contribution in [-0.2, 0) is 0 Å². The van der Waals surface area contributed by atoms with Gasteiger partial charge >= 0.3 is 0 Å². The van der Waals surface area contributed by atoms with Crippen LogP contribution in [0, 0.1) is 0 Å². The Morgan fingerprint density at radius 3 is 1.70 bits per heavy atom. The Hall–Kier alpha value is -2.93. The van der Waals surface area contributed by atoms with Crippen molar-refractivity contribution in [1.29, 1.82) is 0 Å². The van der Waals surface area contributed by atoms with E-state index < -0.39 is 0 Å². The molecule has 0 aliphatic carbocycles. The third-order valence-electron chi connectivity index (χ3n) is 3.80. The highest BCUT2D eigenvalue weighted by molar-refractivity contribution is 5.96. The number of carbonyl (C=O) groups is 1. The highest BCUT2D eigenvalue weighted by Gasteiger charge is 2.06. The lowest BCUT2D eigenvalue weighted by Gasteiger charge is -2.10. The molecule has 3 aromatic carbocycles. The molecule has 0 heterocycles. The van der Waals surface area contributed by atoms with Crippen LogP contribution in [0.4, 0.5) is 0 Å². The molecule has 0 atom stereocenters. The summed E-state index contributed by atoms with van der Waals surface area (Å²) < 4.78 is 0. The minimum atomic E-state index is 0.0878. The van der Waals surface area contributed by atoms with Crippen LogP contribution in [0.2, 0.25) is 0 Å². The Morgan fingerprint density at radius 1 is 0.652 bits per heavy atom. The first-order valence-corrected chi connectivity index (χ1v) is 7.67. The number of ketones is 1. The Labute approximate surface area is 136 Å². The molecule has 3 rings (SSSR count). The molecule has 3 aromatic rings. The number of hydrogen-bond acceptors (Lipinski definition) is 1. The summed E-state index contributed by atoms with van der Waals surface area (Å²) in [6, 6.07) is 28.4. The molecule has 23 heavy (non-hydrogen) atoms. The topological polar surface area (TPSA) is 17.1 Å². The fraction of sp³-hybridized carbons (Fsp3) is 0.0455. The molecule has 0 aromatic heterocycles. The van der Waals surface area contributed by atoms with Crippen LogP contribution in [-0.4, -0.2) is 5.78 Å². The lowest BCUT2D eigenvalue weighted by atomic mass is 9.94. The second-order valence-corrected chi connectivity index (χ2v) is 5.47. The van der Waals surface area contributed by atoms with E-state index >= 15 is 0 Å². The predicted molar refractivity (Wildman–Crippen MR) is 96.3 cm³/mol. The summed E-state index contributed by atoms with van der Waals surface area (Å²) in [7, 11) is 0. The molecule has 0 saturated carbocycles. The average molecular weight is 298 g/mol. The second kappa shape index (κ2) is 6.89. The van der Waals surface area contributed by atoms with Crippen molar-refractivity contribution in [3.05, 3.63) is 107 Å². The van der Waals surface area contributed by atoms with Crippen LogP contribution in [0.3, 0.4) is 0 Å². The third kappa shape index (κ3) is 3.64. The van der Waals surface area contributed by atoms with Crippen LogP contribution in [0.25, 0.3) is 11.6 Å². The van der Waals surface area contributed by atoms with Crippen molar-refractivity contribution in [3.8, 4) is 0 Å². The largest absolute Gasteiger partial charge is 0.295 e. The van der Waals surface area contributed by atoms with Crippen molar-refractivity contribution in [2.45, 2.75) is 6.92 Å². The maximum atomic E-state index is 11.5. The van der Waals surface area contributed by atoms with Gasteiger partial charge < -0.3 is 0 Å². The van der Waals surface area contributed by atoms with Gasteiger partial charge in [-0.25, -0.2) is 0 Å². The Morgan fingerprint density at radius 2 is 1.13 bits per heavy atom. The molecule has 0 N–H and O–H groups in total. The summed E-state index contributed by atoms with van der Waals surface area (Å²) in [6.07, 6.45) is 2.18. The lowest BCUT2D eigenvalue weighted by Crippen LogP contribution is -1.93. The Balaban J connectivity index is 2.09. The molecule has 0 bridgehead atoms. The maximum Gasteiger partial charge on any atom is 0.159 e. The maximum absolute atomic E-state index is 11.5. The van der Waals surface area contributed by atoms with E-state index in [1.165, 1.54) is 0 Å². The van der Waals surface area contributed by atoms with Gasteiger partial charge in [-0.2, -0.15) is 0 Å². The zero-order chi connectivity index (χ0) is 16.1. The fourth-order valence-corrected chi connectivity index (χ4v) is 2.55. The number of rotatable bonds is 4. The third-order valence-corrected chi connectivity index (χ3v) is 3.80. The molecule has 0 saturated heterocycles. The molecule has 1 heteroatoms. The van der Waals surface area contributed by atoms with Crippen LogP contribution in [0.1, 0.15) is 34.0 Å². The molecule has 112 valence electrons. The molecule has 0 aliphatic rings. The minimum Gasteiger partial charge on any atom is -0.295 e. The molecular formula is C22H18O. The Kier molecular flexibility index (Phi) is 4.49. The standard InChI is InChI=1S/C22H18O/c1-17(23)19-12-14-21(15-13-19)22(20-10-6-3-7-11-20)16-18-8-4-2-5-9-18/h2-16H,1H3. The van der Waals surface area contributed by atoms with Gasteiger partial charge in [0.2, 0.25) is 0 Å². The van der Waals surface area contributed by atoms with Gasteiger partial charge in [-0.05, 0) is 35.3 Å². The lowest BCUT2D eigenvalue weighted by molar-refractivity contribution is 0.101. The number of carbonyl (C=O) groups excluding carboxylic acids is 1. The average Bonchev–Trinajstić information content (AvgIpc) is 2.61. The van der Waals surface area contributed by atoms with E-state index in [1.807, 2.05) is 60.7 Å². The van der Waals surface area contributed by atoms with E-state index in [1.54, 1.807) is 6.92 Å². The van der Waals surface area contributed by atoms with Gasteiger partial charge in [-0.1, -0.05) is 84.9 Å². The van der Waals surface area contributed by atoms with Crippen molar-refractivity contribution in [1.82, 2.24) is 0 Å². The van der Waals surface area contributed by atoms with Gasteiger partial charge in [0.05, 0.1) is 0 Å². The van der Waals surface area contributed by atoms with E-state index in [2.05, 4.69) is 30.3 Å². The van der Waals surface area contributed by atoms with Crippen LogP contribution >= 0.6 is 0 Å². The van der Waals surface area contributed by atoms with Crippen molar-refractivity contribution < 1.29 is 4.79 Å². The smallest absolute Gasteiger partial charge is 0.159 e. The first-order chi connectivity index (χ1) is 11.2. The van der Waals surface area contributed by atoms with Crippen molar-refractivity contribution >= 4 is 17.4 Å². The number of Topliss-reactive ketones (excluding diaryl/α,β-unsaturated/α-hetero) is 1. The molecule has 0 radical (unpaired) electrons. The van der Waals surface area contributed by atoms with Crippen molar-refractivity contribution in [2.24, 2.45) is 0 Å². The minimum absolute atomic E-state index is 0.0878. The first-order valence-electron chi connectivity index (χ1n) is 7.67. The van der Waals surface area contributed by atoms with E-state index in [0.29, 0.717) is 0 Å². The summed E-state index contributed by atoms with van der Waals surface area (Å²) in [5, 5.41) is 0. The molecule has 0 aliphatic heterocycles. The Bertz CT molecular complexity index is 813. The summed E-state index contributed by atoms with van der Waals surface area (Å²) in [5.74, 6) is 0.0878. The zero-order valence-corrected chi connectivity index (χ0v) is 13.1. The summed E-state index contributed by atoms with van der Waals surface area (Å²) in [6.45, 7) is 1.59. The highest BCUT2D eigenvalue weighted by Crippen LogP contribution is 2.26. The van der Waals surface area contributed by atoms with E-state index in [9.17, 15) is 4.79 Å². The van der Waals surface area contributed by atoms with E-state index in [4.69, 9.17) is 0 Å². The quantitative estimate of drug-likeness (QED) is 0.460. The van der Waals surface area contributed by atoms with Gasteiger partial charge in [0.25, 0.3) is 0 Å². The van der Waals surface area contributed by atoms with Gasteiger partial charge in [0.15, 0.2) is 5.78 Å².